The normalized spacial score (nSPS) is 24.1. The molecule has 2 atom stereocenters. The highest BCUT2D eigenvalue weighted by molar-refractivity contribution is 4.90. The Morgan fingerprint density at radius 2 is 2.05 bits per heavy atom. The largest absolute Gasteiger partial charge is 0.334 e. The minimum Gasteiger partial charge on any atom is -0.334 e. The van der Waals surface area contributed by atoms with Crippen molar-refractivity contribution in [2.45, 2.75) is 65.1 Å². The van der Waals surface area contributed by atoms with E-state index < -0.39 is 0 Å². The highest BCUT2D eigenvalue weighted by Crippen LogP contribution is 2.15. The van der Waals surface area contributed by atoms with Gasteiger partial charge < -0.3 is 9.88 Å². The second-order valence-electron chi connectivity index (χ2n) is 6.00. The molecule has 4 nitrogen and oxygen atoms in total. The fourth-order valence-corrected chi connectivity index (χ4v) is 3.24. The van der Waals surface area contributed by atoms with E-state index in [4.69, 9.17) is 0 Å². The van der Waals surface area contributed by atoms with Crippen LogP contribution in [0.25, 0.3) is 0 Å². The van der Waals surface area contributed by atoms with Gasteiger partial charge in [-0.1, -0.05) is 26.7 Å². The molecule has 0 aliphatic carbocycles. The lowest BCUT2D eigenvalue weighted by atomic mass is 10.0. The number of nitrogens with one attached hydrogen (secondary N) is 1. The first-order valence-electron chi connectivity index (χ1n) is 8.19. The standard InChI is InChI=1S/C16H30N4/c1-4-6-15-13-20(16(7-5-2)12-18-15)11-10-19-9-8-17-14(19)3/h8-9,15-16,18H,4-7,10-13H2,1-3H3. The van der Waals surface area contributed by atoms with E-state index in [0.717, 1.165) is 25.5 Å². The van der Waals surface area contributed by atoms with Crippen LogP contribution in [0.15, 0.2) is 12.4 Å². The number of hydrogen-bond donors (Lipinski definition) is 1. The Labute approximate surface area is 123 Å². The van der Waals surface area contributed by atoms with E-state index in [1.54, 1.807) is 0 Å². The SMILES string of the molecule is CCCC1CN(CCn2ccnc2C)C(CCC)CN1. The lowest BCUT2D eigenvalue weighted by Crippen LogP contribution is -2.56. The number of hydrogen-bond acceptors (Lipinski definition) is 3. The zero-order valence-electron chi connectivity index (χ0n) is 13.3. The van der Waals surface area contributed by atoms with Gasteiger partial charge in [0, 0.05) is 50.7 Å². The Kier molecular flexibility index (Phi) is 6.05. The van der Waals surface area contributed by atoms with Gasteiger partial charge >= 0.3 is 0 Å². The van der Waals surface area contributed by atoms with Gasteiger partial charge in [0.1, 0.15) is 5.82 Å². The molecule has 2 rings (SSSR count). The van der Waals surface area contributed by atoms with Crippen molar-refractivity contribution < 1.29 is 0 Å². The Morgan fingerprint density at radius 1 is 1.25 bits per heavy atom. The third-order valence-corrected chi connectivity index (χ3v) is 4.42. The van der Waals surface area contributed by atoms with E-state index in [9.17, 15) is 0 Å². The van der Waals surface area contributed by atoms with Gasteiger partial charge in [-0.2, -0.15) is 0 Å². The second kappa shape index (κ2) is 7.79. The van der Waals surface area contributed by atoms with Crippen LogP contribution >= 0.6 is 0 Å². The number of imidazole rings is 1. The molecule has 1 aromatic rings. The topological polar surface area (TPSA) is 33.1 Å². The van der Waals surface area contributed by atoms with E-state index in [-0.39, 0.29) is 0 Å². The molecule has 1 aliphatic heterocycles. The third-order valence-electron chi connectivity index (χ3n) is 4.42. The van der Waals surface area contributed by atoms with Gasteiger partial charge in [0.25, 0.3) is 0 Å². The molecule has 0 saturated carbocycles. The number of aryl methyl sites for hydroxylation is 1. The molecule has 20 heavy (non-hydrogen) atoms. The fraction of sp³-hybridized carbons (Fsp3) is 0.812. The van der Waals surface area contributed by atoms with Gasteiger partial charge in [-0.3, -0.25) is 4.90 Å². The van der Waals surface area contributed by atoms with Gasteiger partial charge in [-0.15, -0.1) is 0 Å². The molecule has 4 heteroatoms. The summed E-state index contributed by atoms with van der Waals surface area (Å²) in [7, 11) is 0. The van der Waals surface area contributed by atoms with Crippen LogP contribution in [0.3, 0.4) is 0 Å². The molecule has 1 fully saturated rings. The summed E-state index contributed by atoms with van der Waals surface area (Å²) in [6.07, 6.45) is 9.12. The summed E-state index contributed by atoms with van der Waals surface area (Å²) in [6, 6.07) is 1.38. The molecule has 114 valence electrons. The maximum atomic E-state index is 4.31. The van der Waals surface area contributed by atoms with Crippen molar-refractivity contribution in [1.82, 2.24) is 19.8 Å². The first kappa shape index (κ1) is 15.5. The summed E-state index contributed by atoms with van der Waals surface area (Å²) in [5, 5.41) is 3.73. The molecule has 2 heterocycles. The molecular formula is C16H30N4. The van der Waals surface area contributed by atoms with E-state index in [2.05, 4.69) is 46.7 Å². The smallest absolute Gasteiger partial charge is 0.105 e. The lowest BCUT2D eigenvalue weighted by Gasteiger charge is -2.40. The van der Waals surface area contributed by atoms with E-state index in [1.165, 1.54) is 32.2 Å². The van der Waals surface area contributed by atoms with E-state index >= 15 is 0 Å². The zero-order valence-corrected chi connectivity index (χ0v) is 13.3. The molecule has 1 saturated heterocycles. The van der Waals surface area contributed by atoms with Crippen LogP contribution in [0.2, 0.25) is 0 Å². The van der Waals surface area contributed by atoms with E-state index in [0.29, 0.717) is 12.1 Å². The number of nitrogens with zero attached hydrogens (tertiary/aromatic N) is 3. The maximum Gasteiger partial charge on any atom is 0.105 e. The Hall–Kier alpha value is -0.870. The Balaban J connectivity index is 1.90. The van der Waals surface area contributed by atoms with Crippen molar-refractivity contribution >= 4 is 0 Å². The molecule has 1 N–H and O–H groups in total. The van der Waals surface area contributed by atoms with Crippen molar-refractivity contribution in [3.63, 3.8) is 0 Å². The van der Waals surface area contributed by atoms with E-state index in [1.807, 2.05) is 6.20 Å². The van der Waals surface area contributed by atoms with Crippen LogP contribution in [0, 0.1) is 6.92 Å². The van der Waals surface area contributed by atoms with Gasteiger partial charge in [0.05, 0.1) is 0 Å². The summed E-state index contributed by atoms with van der Waals surface area (Å²) in [5.41, 5.74) is 0. The van der Waals surface area contributed by atoms with Crippen LogP contribution < -0.4 is 5.32 Å². The fourth-order valence-electron chi connectivity index (χ4n) is 3.24. The molecule has 1 aliphatic rings. The third kappa shape index (κ3) is 4.06. The van der Waals surface area contributed by atoms with Crippen LogP contribution in [-0.4, -0.2) is 46.2 Å². The summed E-state index contributed by atoms with van der Waals surface area (Å²) in [6.45, 7) is 11.2. The first-order chi connectivity index (χ1) is 9.74. The average molecular weight is 278 g/mol. The summed E-state index contributed by atoms with van der Waals surface area (Å²) in [5.74, 6) is 1.12. The van der Waals surface area contributed by atoms with Gasteiger partial charge in [-0.25, -0.2) is 4.98 Å². The van der Waals surface area contributed by atoms with Crippen molar-refractivity contribution in [2.24, 2.45) is 0 Å². The predicted octanol–water partition coefficient (Wildman–Crippen LogP) is 2.43. The van der Waals surface area contributed by atoms with Crippen molar-refractivity contribution in [3.8, 4) is 0 Å². The number of rotatable bonds is 7. The van der Waals surface area contributed by atoms with Gasteiger partial charge in [0.2, 0.25) is 0 Å². The molecule has 0 aromatic carbocycles. The van der Waals surface area contributed by atoms with Crippen molar-refractivity contribution in [1.29, 1.82) is 0 Å². The van der Waals surface area contributed by atoms with Crippen LogP contribution in [-0.2, 0) is 6.54 Å². The molecule has 0 bridgehead atoms. The maximum absolute atomic E-state index is 4.31. The summed E-state index contributed by atoms with van der Waals surface area (Å²) >= 11 is 0. The molecule has 0 spiro atoms. The minimum atomic E-state index is 0.678. The quantitative estimate of drug-likeness (QED) is 0.831. The van der Waals surface area contributed by atoms with Gasteiger partial charge in [0.15, 0.2) is 0 Å². The van der Waals surface area contributed by atoms with Crippen molar-refractivity contribution in [2.75, 3.05) is 19.6 Å². The zero-order chi connectivity index (χ0) is 14.4. The highest BCUT2D eigenvalue weighted by atomic mass is 15.2. The molecule has 1 aromatic heterocycles. The summed E-state index contributed by atoms with van der Waals surface area (Å²) in [4.78, 5) is 7.01. The first-order valence-corrected chi connectivity index (χ1v) is 8.19. The van der Waals surface area contributed by atoms with Crippen LogP contribution in [0.4, 0.5) is 0 Å². The second-order valence-corrected chi connectivity index (χ2v) is 6.00. The Bertz CT molecular complexity index is 388. The Morgan fingerprint density at radius 3 is 2.70 bits per heavy atom. The lowest BCUT2D eigenvalue weighted by molar-refractivity contribution is 0.114. The molecule has 2 unspecified atom stereocenters. The number of piperazine rings is 1. The summed E-state index contributed by atoms with van der Waals surface area (Å²) < 4.78 is 2.26. The van der Waals surface area contributed by atoms with Gasteiger partial charge in [-0.05, 0) is 19.8 Å². The van der Waals surface area contributed by atoms with Crippen molar-refractivity contribution in [3.05, 3.63) is 18.2 Å². The molecular weight excluding hydrogens is 248 g/mol. The highest BCUT2D eigenvalue weighted by Gasteiger charge is 2.26. The average Bonchev–Trinajstić information content (AvgIpc) is 2.85. The van der Waals surface area contributed by atoms with Crippen LogP contribution in [0.5, 0.6) is 0 Å². The number of aromatic nitrogens is 2. The minimum absolute atomic E-state index is 0.678. The predicted molar refractivity (Wildman–Crippen MR) is 83.9 cm³/mol. The monoisotopic (exact) mass is 278 g/mol. The molecule has 0 amide bonds. The molecule has 0 radical (unpaired) electrons. The van der Waals surface area contributed by atoms with Crippen LogP contribution in [0.1, 0.15) is 45.4 Å².